The highest BCUT2D eigenvalue weighted by Gasteiger charge is 2.37. The molecule has 9 heteroatoms. The Morgan fingerprint density at radius 2 is 1.95 bits per heavy atom. The normalized spacial score (nSPS) is 17.2. The van der Waals surface area contributed by atoms with Crippen molar-refractivity contribution < 1.29 is 14.3 Å². The van der Waals surface area contributed by atoms with E-state index in [-0.39, 0.29) is 29.4 Å². The van der Waals surface area contributed by atoms with Gasteiger partial charge in [0.15, 0.2) is 0 Å². The second kappa shape index (κ2) is 12.2. The summed E-state index contributed by atoms with van der Waals surface area (Å²) < 4.78 is 11.3. The third-order valence-corrected chi connectivity index (χ3v) is 8.15. The van der Waals surface area contributed by atoms with Gasteiger partial charge in [0, 0.05) is 10.6 Å². The average Bonchev–Trinajstić information content (AvgIpc) is 3.15. The standard InChI is InChI=1S/C28H28N4O3S2/c1-3-34-28(33)25-23(16-37-27-19(14-29)13-18-7-5-4-6-8-22(18)32-27)35-26(31)21(15-30)24(25)17-9-11-20(36-2)12-10-17/h9-13,24H,3-8,16,31H2,1-2H3. The van der Waals surface area contributed by atoms with Crippen molar-refractivity contribution in [1.29, 1.82) is 10.5 Å². The molecule has 1 aliphatic carbocycles. The predicted molar refractivity (Wildman–Crippen MR) is 143 cm³/mol. The van der Waals surface area contributed by atoms with E-state index < -0.39 is 11.9 Å². The molecule has 0 saturated carbocycles. The van der Waals surface area contributed by atoms with E-state index in [2.05, 4.69) is 12.1 Å². The maximum absolute atomic E-state index is 13.2. The molecule has 0 spiro atoms. The molecule has 0 bridgehead atoms. The first-order valence-electron chi connectivity index (χ1n) is 12.2. The highest BCUT2D eigenvalue weighted by atomic mass is 32.2. The number of nitrogens with two attached hydrogens (primary N) is 1. The number of carbonyl (C=O) groups excluding carboxylic acids is 1. The topological polar surface area (TPSA) is 122 Å². The van der Waals surface area contributed by atoms with Gasteiger partial charge in [0.05, 0.1) is 29.4 Å². The second-order valence-electron chi connectivity index (χ2n) is 8.66. The zero-order valence-corrected chi connectivity index (χ0v) is 22.5. The molecule has 0 amide bonds. The number of carbonyl (C=O) groups is 1. The largest absolute Gasteiger partial charge is 0.463 e. The molecule has 1 unspecified atom stereocenters. The summed E-state index contributed by atoms with van der Waals surface area (Å²) in [5, 5.41) is 20.3. The number of aromatic nitrogens is 1. The molecule has 1 aliphatic heterocycles. The first-order chi connectivity index (χ1) is 18.0. The van der Waals surface area contributed by atoms with Gasteiger partial charge in [0.25, 0.3) is 0 Å². The fourth-order valence-corrected chi connectivity index (χ4v) is 5.93. The molecule has 0 fully saturated rings. The van der Waals surface area contributed by atoms with Gasteiger partial charge in [-0.15, -0.1) is 11.8 Å². The third-order valence-electron chi connectivity index (χ3n) is 6.42. The number of benzene rings is 1. The van der Waals surface area contributed by atoms with Gasteiger partial charge >= 0.3 is 5.97 Å². The summed E-state index contributed by atoms with van der Waals surface area (Å²) in [6.45, 7) is 1.90. The van der Waals surface area contributed by atoms with Crippen LogP contribution in [-0.2, 0) is 27.1 Å². The summed E-state index contributed by atoms with van der Waals surface area (Å²) in [4.78, 5) is 19.1. The fraction of sp³-hybridized carbons (Fsp3) is 0.357. The Labute approximate surface area is 225 Å². The van der Waals surface area contributed by atoms with Crippen LogP contribution in [0.1, 0.15) is 54.5 Å². The van der Waals surface area contributed by atoms with Gasteiger partial charge in [-0.2, -0.15) is 10.5 Å². The Morgan fingerprint density at radius 3 is 2.62 bits per heavy atom. The Kier molecular flexibility index (Phi) is 8.81. The van der Waals surface area contributed by atoms with Crippen molar-refractivity contribution in [3.8, 4) is 12.1 Å². The second-order valence-corrected chi connectivity index (χ2v) is 10.5. The molecule has 0 saturated heterocycles. The summed E-state index contributed by atoms with van der Waals surface area (Å²) in [5.41, 5.74) is 10.0. The number of esters is 1. The van der Waals surface area contributed by atoms with Gasteiger partial charge in [-0.3, -0.25) is 0 Å². The number of aryl methyl sites for hydroxylation is 2. The quantitative estimate of drug-likeness (QED) is 0.285. The van der Waals surface area contributed by atoms with E-state index in [9.17, 15) is 15.3 Å². The van der Waals surface area contributed by atoms with Crippen LogP contribution in [0.3, 0.4) is 0 Å². The summed E-state index contributed by atoms with van der Waals surface area (Å²) in [6, 6.07) is 14.0. The van der Waals surface area contributed by atoms with Crippen LogP contribution in [0.15, 0.2) is 63.0 Å². The maximum Gasteiger partial charge on any atom is 0.338 e. The highest BCUT2D eigenvalue weighted by Crippen LogP contribution is 2.41. The van der Waals surface area contributed by atoms with Crippen LogP contribution in [0, 0.1) is 22.7 Å². The minimum Gasteiger partial charge on any atom is -0.463 e. The minimum absolute atomic E-state index is 0.0412. The van der Waals surface area contributed by atoms with E-state index in [1.165, 1.54) is 11.8 Å². The molecule has 0 radical (unpaired) electrons. The van der Waals surface area contributed by atoms with Crippen molar-refractivity contribution in [3.63, 3.8) is 0 Å². The molecule has 2 aliphatic rings. The zero-order valence-electron chi connectivity index (χ0n) is 20.9. The Balaban J connectivity index is 1.75. The van der Waals surface area contributed by atoms with Crippen LogP contribution in [0.5, 0.6) is 0 Å². The lowest BCUT2D eigenvalue weighted by Gasteiger charge is -2.28. The lowest BCUT2D eigenvalue weighted by molar-refractivity contribution is -0.139. The smallest absolute Gasteiger partial charge is 0.338 e. The van der Waals surface area contributed by atoms with Gasteiger partial charge in [-0.05, 0) is 68.2 Å². The predicted octanol–water partition coefficient (Wildman–Crippen LogP) is 5.36. The Morgan fingerprint density at radius 1 is 1.19 bits per heavy atom. The maximum atomic E-state index is 13.2. The van der Waals surface area contributed by atoms with E-state index in [0.29, 0.717) is 16.3 Å². The molecular formula is C28H28N4O3S2. The van der Waals surface area contributed by atoms with Gasteiger partial charge < -0.3 is 15.2 Å². The lowest BCUT2D eigenvalue weighted by Crippen LogP contribution is -2.27. The number of hydrogen-bond donors (Lipinski definition) is 1. The average molecular weight is 533 g/mol. The van der Waals surface area contributed by atoms with Crippen LogP contribution in [0.4, 0.5) is 0 Å². The molecule has 1 aromatic carbocycles. The molecule has 2 heterocycles. The van der Waals surface area contributed by atoms with E-state index in [1.807, 2.05) is 36.6 Å². The van der Waals surface area contributed by atoms with Crippen molar-refractivity contribution in [3.05, 3.63) is 75.5 Å². The Hall–Kier alpha value is -3.40. The number of nitrogens with zero attached hydrogens (tertiary/aromatic N) is 3. The van der Waals surface area contributed by atoms with Crippen LogP contribution in [-0.4, -0.2) is 29.6 Å². The SMILES string of the molecule is CCOC(=O)C1=C(CSc2nc3c(cc2C#N)CCCCC3)OC(N)=C(C#N)C1c1ccc(SC)cc1. The van der Waals surface area contributed by atoms with Gasteiger partial charge in [0.2, 0.25) is 5.88 Å². The van der Waals surface area contributed by atoms with Crippen molar-refractivity contribution in [2.45, 2.75) is 54.9 Å². The van der Waals surface area contributed by atoms with E-state index in [1.54, 1.807) is 18.7 Å². The number of fused-ring (bicyclic) bond motifs is 1. The number of hydrogen-bond acceptors (Lipinski definition) is 9. The molecule has 2 N–H and O–H groups in total. The number of allylic oxidation sites excluding steroid dienone is 1. The zero-order chi connectivity index (χ0) is 26.4. The van der Waals surface area contributed by atoms with Crippen molar-refractivity contribution in [2.75, 3.05) is 18.6 Å². The van der Waals surface area contributed by atoms with Crippen LogP contribution in [0.2, 0.25) is 0 Å². The van der Waals surface area contributed by atoms with Crippen molar-refractivity contribution >= 4 is 29.5 Å². The first-order valence-corrected chi connectivity index (χ1v) is 14.4. The monoisotopic (exact) mass is 532 g/mol. The van der Waals surface area contributed by atoms with Crippen molar-refractivity contribution in [1.82, 2.24) is 4.98 Å². The Bertz CT molecular complexity index is 1340. The number of pyridine rings is 1. The lowest BCUT2D eigenvalue weighted by atomic mass is 9.83. The minimum atomic E-state index is -0.722. The molecule has 1 aromatic heterocycles. The summed E-state index contributed by atoms with van der Waals surface area (Å²) >= 11 is 2.92. The van der Waals surface area contributed by atoms with Crippen molar-refractivity contribution in [2.24, 2.45) is 5.73 Å². The van der Waals surface area contributed by atoms with E-state index >= 15 is 0 Å². The molecule has 190 valence electrons. The van der Waals surface area contributed by atoms with Crippen LogP contribution < -0.4 is 5.73 Å². The first kappa shape index (κ1) is 26.7. The molecule has 2 aromatic rings. The highest BCUT2D eigenvalue weighted by molar-refractivity contribution is 7.99. The van der Waals surface area contributed by atoms with E-state index in [0.717, 1.165) is 53.8 Å². The molecule has 4 rings (SSSR count). The fourth-order valence-electron chi connectivity index (χ4n) is 4.60. The number of ether oxygens (including phenoxy) is 2. The molecule has 1 atom stereocenters. The number of rotatable bonds is 7. The summed E-state index contributed by atoms with van der Waals surface area (Å²) in [5.74, 6) is -0.819. The van der Waals surface area contributed by atoms with Crippen LogP contribution >= 0.6 is 23.5 Å². The molecule has 37 heavy (non-hydrogen) atoms. The summed E-state index contributed by atoms with van der Waals surface area (Å²) in [7, 11) is 0. The number of thioether (sulfide) groups is 2. The summed E-state index contributed by atoms with van der Waals surface area (Å²) in [6.07, 6.45) is 7.12. The van der Waals surface area contributed by atoms with Gasteiger partial charge in [-0.25, -0.2) is 9.78 Å². The van der Waals surface area contributed by atoms with Gasteiger partial charge in [0.1, 0.15) is 28.5 Å². The molecule has 7 nitrogen and oxygen atoms in total. The third kappa shape index (κ3) is 5.79. The van der Waals surface area contributed by atoms with Gasteiger partial charge in [-0.1, -0.05) is 30.3 Å². The van der Waals surface area contributed by atoms with Crippen LogP contribution in [0.25, 0.3) is 0 Å². The number of nitriles is 2. The molecular weight excluding hydrogens is 504 g/mol. The van der Waals surface area contributed by atoms with E-state index in [4.69, 9.17) is 20.2 Å².